The van der Waals surface area contributed by atoms with Crippen molar-refractivity contribution in [1.29, 1.82) is 0 Å². The van der Waals surface area contributed by atoms with Crippen molar-refractivity contribution in [3.05, 3.63) is 35.9 Å². The highest BCUT2D eigenvalue weighted by molar-refractivity contribution is 6.38. The molecule has 0 spiro atoms. The van der Waals surface area contributed by atoms with Gasteiger partial charge in [-0.3, -0.25) is 9.59 Å². The van der Waals surface area contributed by atoms with Gasteiger partial charge in [-0.05, 0) is 18.9 Å². The number of unbranched alkanes of at least 4 members (excludes halogenated alkanes) is 1. The summed E-state index contributed by atoms with van der Waals surface area (Å²) in [5.74, 6) is -1.48. The predicted octanol–water partition coefficient (Wildman–Crippen LogP) is 3.35. The molecule has 2 heterocycles. The lowest BCUT2D eigenvalue weighted by Gasteiger charge is -2.26. The van der Waals surface area contributed by atoms with Crippen molar-refractivity contribution in [3.8, 4) is 0 Å². The topological polar surface area (TPSA) is 123 Å². The summed E-state index contributed by atoms with van der Waals surface area (Å²) in [4.78, 5) is 52.6. The van der Waals surface area contributed by atoms with E-state index in [-0.39, 0.29) is 18.7 Å². The summed E-state index contributed by atoms with van der Waals surface area (Å²) in [5.41, 5.74) is 0.349. The molecule has 2 aliphatic heterocycles. The van der Waals surface area contributed by atoms with Crippen LogP contribution in [0.2, 0.25) is 0 Å². The van der Waals surface area contributed by atoms with E-state index in [9.17, 15) is 19.2 Å². The Balaban J connectivity index is 1.56. The number of ether oxygens (including phenoxy) is 3. The Labute approximate surface area is 218 Å². The summed E-state index contributed by atoms with van der Waals surface area (Å²) >= 11 is 0. The molecule has 0 aromatic heterocycles. The van der Waals surface area contributed by atoms with E-state index >= 15 is 0 Å². The Morgan fingerprint density at radius 1 is 1.14 bits per heavy atom. The first kappa shape index (κ1) is 28.4. The van der Waals surface area contributed by atoms with Crippen LogP contribution in [-0.2, 0) is 23.8 Å². The monoisotopic (exact) mass is 517 g/mol. The molecule has 0 aliphatic carbocycles. The van der Waals surface area contributed by atoms with Gasteiger partial charge in [-0.1, -0.05) is 63.9 Å². The molecular formula is C27H39N3O7. The molecule has 0 radical (unpaired) electrons. The number of hydrogen-bond acceptors (Lipinski definition) is 7. The number of amides is 3. The van der Waals surface area contributed by atoms with Gasteiger partial charge in [-0.15, -0.1) is 0 Å². The molecule has 0 saturated carbocycles. The van der Waals surface area contributed by atoms with Crippen LogP contribution < -0.4 is 10.6 Å². The first-order chi connectivity index (χ1) is 17.6. The normalized spacial score (nSPS) is 22.1. The van der Waals surface area contributed by atoms with Gasteiger partial charge in [0.25, 0.3) is 5.91 Å². The summed E-state index contributed by atoms with van der Waals surface area (Å²) in [6.07, 6.45) is 0.294. The minimum atomic E-state index is -1.01. The number of Topliss-reactive ketones (excluding diaryl/α,β-unsaturated/α-hetero) is 1. The minimum absolute atomic E-state index is 0.176. The van der Waals surface area contributed by atoms with Gasteiger partial charge in [0.2, 0.25) is 5.78 Å². The third-order valence-corrected chi connectivity index (χ3v) is 6.84. The van der Waals surface area contributed by atoms with Crippen LogP contribution in [0.4, 0.5) is 9.59 Å². The predicted molar refractivity (Wildman–Crippen MR) is 136 cm³/mol. The Morgan fingerprint density at radius 3 is 2.51 bits per heavy atom. The van der Waals surface area contributed by atoms with E-state index in [0.29, 0.717) is 39.0 Å². The summed E-state index contributed by atoms with van der Waals surface area (Å²) in [7, 11) is 0. The average molecular weight is 518 g/mol. The maximum absolute atomic E-state index is 13.0. The summed E-state index contributed by atoms with van der Waals surface area (Å²) in [6.45, 7) is 9.04. The van der Waals surface area contributed by atoms with Crippen LogP contribution in [0.3, 0.4) is 0 Å². The van der Waals surface area contributed by atoms with Crippen LogP contribution in [0.25, 0.3) is 0 Å². The lowest BCUT2D eigenvalue weighted by molar-refractivity contribution is -0.139. The first-order valence-electron chi connectivity index (χ1n) is 13.0. The third-order valence-electron chi connectivity index (χ3n) is 6.84. The number of carbonyl (C=O) groups excluding carboxylic acids is 4. The number of nitrogens with one attached hydrogen (secondary N) is 2. The van der Waals surface area contributed by atoms with Gasteiger partial charge in [0, 0.05) is 18.4 Å². The van der Waals surface area contributed by atoms with Crippen LogP contribution in [0.5, 0.6) is 0 Å². The second kappa shape index (κ2) is 12.9. The van der Waals surface area contributed by atoms with Crippen molar-refractivity contribution < 1.29 is 33.4 Å². The molecule has 3 amide bonds. The van der Waals surface area contributed by atoms with Crippen molar-refractivity contribution in [3.63, 3.8) is 0 Å². The van der Waals surface area contributed by atoms with Gasteiger partial charge in [-0.2, -0.15) is 0 Å². The molecule has 4 atom stereocenters. The van der Waals surface area contributed by atoms with E-state index in [4.69, 9.17) is 14.2 Å². The lowest BCUT2D eigenvalue weighted by atomic mass is 9.90. The fraction of sp³-hybridized carbons (Fsp3) is 0.630. The number of alkyl carbamates (subject to hydrolysis) is 1. The number of ketones is 1. The Hall–Kier alpha value is -3.14. The molecular weight excluding hydrogens is 478 g/mol. The van der Waals surface area contributed by atoms with Gasteiger partial charge in [0.15, 0.2) is 0 Å². The summed E-state index contributed by atoms with van der Waals surface area (Å²) in [6, 6.07) is 7.94. The number of carbonyl (C=O) groups is 4. The standard InChI is InChI=1S/C27H39N3O7/c1-5-6-12-21(23(31)24(32)28-18(2)19-10-8-7-9-11-19)29-25(33)37-22-15-30(17-27(22,3)4)26(34)36-20-13-14-35-16-20/h7-11,18,20-22H,5-6,12-17H2,1-4H3,(H,28,32)(H,29,33)/t18-,20-,21+,22-/m1/s1. The largest absolute Gasteiger partial charge is 0.444 e. The lowest BCUT2D eigenvalue weighted by Crippen LogP contribution is -2.49. The van der Waals surface area contributed by atoms with Crippen LogP contribution in [0.15, 0.2) is 30.3 Å². The minimum Gasteiger partial charge on any atom is -0.444 e. The first-order valence-corrected chi connectivity index (χ1v) is 13.0. The highest BCUT2D eigenvalue weighted by Gasteiger charge is 2.45. The molecule has 2 N–H and O–H groups in total. The van der Waals surface area contributed by atoms with Crippen molar-refractivity contribution >= 4 is 23.9 Å². The number of rotatable bonds is 10. The molecule has 1 aromatic rings. The highest BCUT2D eigenvalue weighted by Crippen LogP contribution is 2.33. The maximum atomic E-state index is 13.0. The maximum Gasteiger partial charge on any atom is 0.410 e. The Bertz CT molecular complexity index is 947. The molecule has 2 aliphatic rings. The molecule has 10 heteroatoms. The van der Waals surface area contributed by atoms with Gasteiger partial charge in [-0.25, -0.2) is 9.59 Å². The molecule has 204 valence electrons. The van der Waals surface area contributed by atoms with Crippen LogP contribution >= 0.6 is 0 Å². The van der Waals surface area contributed by atoms with Crippen LogP contribution in [0.1, 0.15) is 65.0 Å². The van der Waals surface area contributed by atoms with Gasteiger partial charge in [0.05, 0.1) is 25.8 Å². The van der Waals surface area contributed by atoms with Crippen molar-refractivity contribution in [1.82, 2.24) is 15.5 Å². The molecule has 0 bridgehead atoms. The van der Waals surface area contributed by atoms with E-state index in [1.54, 1.807) is 6.92 Å². The second-order valence-corrected chi connectivity index (χ2v) is 10.4. The van der Waals surface area contributed by atoms with Crippen molar-refractivity contribution in [2.24, 2.45) is 5.41 Å². The van der Waals surface area contributed by atoms with E-state index in [1.165, 1.54) is 4.90 Å². The van der Waals surface area contributed by atoms with Gasteiger partial charge < -0.3 is 29.7 Å². The van der Waals surface area contributed by atoms with E-state index in [0.717, 1.165) is 12.0 Å². The zero-order valence-corrected chi connectivity index (χ0v) is 22.2. The zero-order chi connectivity index (χ0) is 27.0. The van der Waals surface area contributed by atoms with Crippen molar-refractivity contribution in [2.75, 3.05) is 26.3 Å². The molecule has 2 saturated heterocycles. The second-order valence-electron chi connectivity index (χ2n) is 10.4. The third kappa shape index (κ3) is 7.92. The van der Waals surface area contributed by atoms with Crippen LogP contribution in [-0.4, -0.2) is 73.3 Å². The number of hydrogen-bond donors (Lipinski definition) is 2. The molecule has 1 aromatic carbocycles. The number of likely N-dealkylation sites (tertiary alicyclic amines) is 1. The molecule has 37 heavy (non-hydrogen) atoms. The van der Waals surface area contributed by atoms with E-state index < -0.39 is 41.4 Å². The number of nitrogens with zero attached hydrogens (tertiary/aromatic N) is 1. The van der Waals surface area contributed by atoms with E-state index in [2.05, 4.69) is 10.6 Å². The SMILES string of the molecule is CCCC[C@H](NC(=O)O[C@@H]1CN(C(=O)O[C@@H]2CCOC2)CC1(C)C)C(=O)C(=O)N[C@H](C)c1ccccc1. The van der Waals surface area contributed by atoms with Crippen LogP contribution in [0, 0.1) is 5.41 Å². The van der Waals surface area contributed by atoms with E-state index in [1.807, 2.05) is 51.1 Å². The van der Waals surface area contributed by atoms with Gasteiger partial charge >= 0.3 is 12.2 Å². The summed E-state index contributed by atoms with van der Waals surface area (Å²) < 4.78 is 16.4. The van der Waals surface area contributed by atoms with Gasteiger partial charge in [0.1, 0.15) is 18.2 Å². The fourth-order valence-corrected chi connectivity index (χ4v) is 4.50. The molecule has 0 unspecified atom stereocenters. The molecule has 2 fully saturated rings. The Morgan fingerprint density at radius 2 is 1.86 bits per heavy atom. The smallest absolute Gasteiger partial charge is 0.410 e. The number of benzene rings is 1. The highest BCUT2D eigenvalue weighted by atomic mass is 16.6. The quantitative estimate of drug-likeness (QED) is 0.456. The molecule has 10 nitrogen and oxygen atoms in total. The van der Waals surface area contributed by atoms with Crippen molar-refractivity contribution in [2.45, 2.75) is 77.7 Å². The zero-order valence-electron chi connectivity index (χ0n) is 22.2. The average Bonchev–Trinajstić information content (AvgIpc) is 3.48. The Kier molecular flexibility index (Phi) is 9.91. The fourth-order valence-electron chi connectivity index (χ4n) is 4.50. The summed E-state index contributed by atoms with van der Waals surface area (Å²) in [5, 5.41) is 5.30. The molecule has 3 rings (SSSR count).